The van der Waals surface area contributed by atoms with Crippen molar-refractivity contribution in [1.82, 2.24) is 0 Å². The topological polar surface area (TPSA) is 71.3 Å². The minimum Gasteiger partial charge on any atom is -0.493 e. The molecular formula is C24H17IN2O3S. The van der Waals surface area contributed by atoms with Crippen LogP contribution in [0.1, 0.15) is 16.7 Å². The largest absolute Gasteiger partial charge is 0.493 e. The maximum atomic E-state index is 12.5. The lowest BCUT2D eigenvalue weighted by Gasteiger charge is -2.18. The summed E-state index contributed by atoms with van der Waals surface area (Å²) in [7, 11) is 1.58. The van der Waals surface area contributed by atoms with Crippen molar-refractivity contribution in [2.24, 2.45) is 0 Å². The molecule has 154 valence electrons. The summed E-state index contributed by atoms with van der Waals surface area (Å²) < 4.78 is 12.4. The van der Waals surface area contributed by atoms with E-state index in [1.54, 1.807) is 13.2 Å². The van der Waals surface area contributed by atoms with Gasteiger partial charge >= 0.3 is 0 Å². The Morgan fingerprint density at radius 3 is 2.74 bits per heavy atom. The van der Waals surface area contributed by atoms with Gasteiger partial charge in [-0.1, -0.05) is 42.1 Å². The summed E-state index contributed by atoms with van der Waals surface area (Å²) in [6.07, 6.45) is 1.84. The van der Waals surface area contributed by atoms with Crippen LogP contribution in [0, 0.1) is 14.9 Å². The molecule has 0 aromatic heterocycles. The van der Waals surface area contributed by atoms with Crippen LogP contribution in [0.15, 0.2) is 70.5 Å². The molecule has 1 aliphatic heterocycles. The zero-order valence-electron chi connectivity index (χ0n) is 16.5. The van der Waals surface area contributed by atoms with Crippen LogP contribution in [-0.4, -0.2) is 13.0 Å². The summed E-state index contributed by atoms with van der Waals surface area (Å²) in [4.78, 5) is 14.1. The standard InChI is InChI=1S/C24H17IN2O3S/c1-29-20-11-15(12-22-24(28)27-19-8-4-5-9-21(19)31-22)10-18(25)23(20)30-14-17-7-3-2-6-16(17)13-26/h2-12H,14H2,1H3,(H,27,28)/b22-12-. The van der Waals surface area contributed by atoms with Crippen molar-refractivity contribution in [2.75, 3.05) is 12.4 Å². The van der Waals surface area contributed by atoms with Crippen LogP contribution in [0.3, 0.4) is 0 Å². The van der Waals surface area contributed by atoms with Crippen LogP contribution in [-0.2, 0) is 11.4 Å². The predicted molar refractivity (Wildman–Crippen MR) is 130 cm³/mol. The van der Waals surface area contributed by atoms with Crippen LogP contribution in [0.5, 0.6) is 11.5 Å². The second-order valence-corrected chi connectivity index (χ2v) is 8.90. The second-order valence-electron chi connectivity index (χ2n) is 6.65. The number of para-hydroxylation sites is 1. The second kappa shape index (κ2) is 9.45. The highest BCUT2D eigenvalue weighted by molar-refractivity contribution is 14.1. The van der Waals surface area contributed by atoms with Crippen molar-refractivity contribution in [3.63, 3.8) is 0 Å². The smallest absolute Gasteiger partial charge is 0.262 e. The number of nitriles is 1. The Hall–Kier alpha value is -2.96. The van der Waals surface area contributed by atoms with Crippen LogP contribution >= 0.6 is 34.4 Å². The van der Waals surface area contributed by atoms with Crippen molar-refractivity contribution in [3.8, 4) is 17.6 Å². The highest BCUT2D eigenvalue weighted by Gasteiger charge is 2.21. The maximum Gasteiger partial charge on any atom is 0.262 e. The van der Waals surface area contributed by atoms with E-state index in [9.17, 15) is 10.1 Å². The summed E-state index contributed by atoms with van der Waals surface area (Å²) in [5, 5.41) is 12.2. The van der Waals surface area contributed by atoms with Gasteiger partial charge in [0.1, 0.15) is 6.61 Å². The molecule has 0 saturated heterocycles. The quantitative estimate of drug-likeness (QED) is 0.326. The lowest BCUT2D eigenvalue weighted by Crippen LogP contribution is -2.17. The predicted octanol–water partition coefficient (Wildman–Crippen LogP) is 5.84. The number of ether oxygens (including phenoxy) is 2. The van der Waals surface area contributed by atoms with Gasteiger partial charge in [0, 0.05) is 10.5 Å². The minimum atomic E-state index is -0.133. The van der Waals surface area contributed by atoms with E-state index in [0.717, 1.165) is 25.3 Å². The number of benzene rings is 3. The fraction of sp³-hybridized carbons (Fsp3) is 0.0833. The zero-order chi connectivity index (χ0) is 21.8. The molecule has 1 heterocycles. The summed E-state index contributed by atoms with van der Waals surface area (Å²) >= 11 is 3.63. The molecule has 5 nitrogen and oxygen atoms in total. The van der Waals surface area contributed by atoms with E-state index in [2.05, 4.69) is 34.0 Å². The van der Waals surface area contributed by atoms with E-state index >= 15 is 0 Å². The van der Waals surface area contributed by atoms with Gasteiger partial charge in [-0.2, -0.15) is 5.26 Å². The van der Waals surface area contributed by atoms with Gasteiger partial charge < -0.3 is 14.8 Å². The molecule has 0 bridgehead atoms. The number of anilines is 1. The third kappa shape index (κ3) is 4.70. The van der Waals surface area contributed by atoms with Crippen molar-refractivity contribution < 1.29 is 14.3 Å². The molecule has 3 aromatic rings. The Kier molecular flexibility index (Phi) is 6.49. The lowest BCUT2D eigenvalue weighted by atomic mass is 10.1. The van der Waals surface area contributed by atoms with Gasteiger partial charge in [0.25, 0.3) is 5.91 Å². The first-order valence-electron chi connectivity index (χ1n) is 9.37. The Morgan fingerprint density at radius 1 is 1.16 bits per heavy atom. The first-order valence-corrected chi connectivity index (χ1v) is 11.3. The van der Waals surface area contributed by atoms with Crippen LogP contribution in [0.25, 0.3) is 6.08 Å². The third-order valence-electron chi connectivity index (χ3n) is 4.64. The highest BCUT2D eigenvalue weighted by Crippen LogP contribution is 2.40. The van der Waals surface area contributed by atoms with E-state index in [1.165, 1.54) is 11.8 Å². The SMILES string of the molecule is COc1cc(/C=C2\Sc3ccccc3NC2=O)cc(I)c1OCc1ccccc1C#N. The van der Waals surface area contributed by atoms with Crippen LogP contribution < -0.4 is 14.8 Å². The molecule has 0 aliphatic carbocycles. The lowest BCUT2D eigenvalue weighted by molar-refractivity contribution is -0.112. The van der Waals surface area contributed by atoms with Gasteiger partial charge in [0.15, 0.2) is 11.5 Å². The van der Waals surface area contributed by atoms with E-state index in [-0.39, 0.29) is 12.5 Å². The Bertz CT molecular complexity index is 1230. The molecule has 0 radical (unpaired) electrons. The molecule has 0 fully saturated rings. The van der Waals surface area contributed by atoms with Gasteiger partial charge in [-0.15, -0.1) is 0 Å². The summed E-state index contributed by atoms with van der Waals surface area (Å²) in [5.41, 5.74) is 3.05. The summed E-state index contributed by atoms with van der Waals surface area (Å²) in [6.45, 7) is 0.256. The van der Waals surface area contributed by atoms with Crippen molar-refractivity contribution in [2.45, 2.75) is 11.5 Å². The number of hydrogen-bond acceptors (Lipinski definition) is 5. The Balaban J connectivity index is 1.60. The molecule has 4 rings (SSSR count). The molecule has 3 aromatic carbocycles. The molecular weight excluding hydrogens is 523 g/mol. The zero-order valence-corrected chi connectivity index (χ0v) is 19.5. The Labute approximate surface area is 198 Å². The number of halogens is 1. The number of hydrogen-bond donors (Lipinski definition) is 1. The first-order chi connectivity index (χ1) is 15.1. The van der Waals surface area contributed by atoms with Crippen molar-refractivity contribution >= 4 is 52.0 Å². The number of carbonyl (C=O) groups excluding carboxylic acids is 1. The number of fused-ring (bicyclic) bond motifs is 1. The molecule has 0 saturated carbocycles. The number of nitrogens with zero attached hydrogens (tertiary/aromatic N) is 1. The normalized spacial score (nSPS) is 13.8. The molecule has 7 heteroatoms. The van der Waals surface area contributed by atoms with Crippen LogP contribution in [0.2, 0.25) is 0 Å². The maximum absolute atomic E-state index is 12.5. The highest BCUT2D eigenvalue weighted by atomic mass is 127. The molecule has 0 spiro atoms. The number of carbonyl (C=O) groups is 1. The fourth-order valence-electron chi connectivity index (χ4n) is 3.12. The number of amides is 1. The molecule has 0 atom stereocenters. The van der Waals surface area contributed by atoms with E-state index in [0.29, 0.717) is 22.0 Å². The number of rotatable bonds is 5. The molecule has 31 heavy (non-hydrogen) atoms. The average molecular weight is 540 g/mol. The monoisotopic (exact) mass is 540 g/mol. The van der Waals surface area contributed by atoms with E-state index in [1.807, 2.05) is 60.7 Å². The van der Waals surface area contributed by atoms with Gasteiger partial charge in [-0.05, 0) is 64.6 Å². The molecule has 0 unspecified atom stereocenters. The van der Waals surface area contributed by atoms with Gasteiger partial charge in [-0.25, -0.2) is 0 Å². The fourth-order valence-corrected chi connectivity index (χ4v) is 4.85. The van der Waals surface area contributed by atoms with E-state index in [4.69, 9.17) is 9.47 Å². The third-order valence-corrected chi connectivity index (χ3v) is 6.54. The first kappa shape index (κ1) is 21.3. The van der Waals surface area contributed by atoms with Crippen molar-refractivity contribution in [3.05, 3.63) is 85.8 Å². The summed E-state index contributed by atoms with van der Waals surface area (Å²) in [5.74, 6) is 1.03. The number of nitrogens with one attached hydrogen (secondary N) is 1. The summed E-state index contributed by atoms with van der Waals surface area (Å²) in [6, 6.07) is 21.0. The molecule has 1 N–H and O–H groups in total. The van der Waals surface area contributed by atoms with Gasteiger partial charge in [-0.3, -0.25) is 4.79 Å². The van der Waals surface area contributed by atoms with Gasteiger partial charge in [0.05, 0.1) is 32.9 Å². The molecule has 1 aliphatic rings. The van der Waals surface area contributed by atoms with Crippen molar-refractivity contribution in [1.29, 1.82) is 5.26 Å². The Morgan fingerprint density at radius 2 is 1.94 bits per heavy atom. The molecule has 1 amide bonds. The van der Waals surface area contributed by atoms with E-state index < -0.39 is 0 Å². The van der Waals surface area contributed by atoms with Crippen LogP contribution in [0.4, 0.5) is 5.69 Å². The van der Waals surface area contributed by atoms with Gasteiger partial charge in [0.2, 0.25) is 0 Å². The number of methoxy groups -OCH3 is 1. The minimum absolute atomic E-state index is 0.133. The number of thioether (sulfide) groups is 1. The average Bonchev–Trinajstić information content (AvgIpc) is 2.78.